The molecule has 0 radical (unpaired) electrons. The fourth-order valence-electron chi connectivity index (χ4n) is 1.48. The molecule has 2 atom stereocenters. The molecule has 0 spiro atoms. The van der Waals surface area contributed by atoms with E-state index in [2.05, 4.69) is 40.1 Å². The van der Waals surface area contributed by atoms with Crippen molar-refractivity contribution in [1.82, 2.24) is 10.6 Å². The van der Waals surface area contributed by atoms with Gasteiger partial charge in [-0.05, 0) is 12.5 Å². The minimum atomic E-state index is 0.117. The Balaban J connectivity index is 2.34. The van der Waals surface area contributed by atoms with Crippen LogP contribution in [0, 0.1) is 11.8 Å². The van der Waals surface area contributed by atoms with Crippen LogP contribution in [-0.4, -0.2) is 25.5 Å². The fraction of sp³-hybridized carbons (Fsp3) is 0.667. The summed E-state index contributed by atoms with van der Waals surface area (Å²) >= 11 is 3.20. The van der Waals surface area contributed by atoms with Crippen molar-refractivity contribution in [3.05, 3.63) is 11.1 Å². The second-order valence-electron chi connectivity index (χ2n) is 3.48. The molecule has 13 heavy (non-hydrogen) atoms. The molecular weight excluding hydrogens is 232 g/mol. The highest BCUT2D eigenvalue weighted by atomic mass is 79.9. The highest BCUT2D eigenvalue weighted by Crippen LogP contribution is 2.15. The first kappa shape index (κ1) is 10.7. The van der Waals surface area contributed by atoms with Gasteiger partial charge >= 0.3 is 0 Å². The van der Waals surface area contributed by atoms with E-state index in [1.807, 2.05) is 0 Å². The minimum Gasteiger partial charge on any atom is -0.351 e. The summed E-state index contributed by atoms with van der Waals surface area (Å²) in [6.07, 6.45) is 0. The van der Waals surface area contributed by atoms with Gasteiger partial charge < -0.3 is 10.6 Å². The molecule has 0 aromatic carbocycles. The van der Waals surface area contributed by atoms with Crippen molar-refractivity contribution in [3.8, 4) is 0 Å². The molecule has 4 heteroatoms. The molecule has 0 aromatic rings. The van der Waals surface area contributed by atoms with Crippen molar-refractivity contribution in [3.63, 3.8) is 0 Å². The van der Waals surface area contributed by atoms with Crippen LogP contribution in [0.5, 0.6) is 0 Å². The largest absolute Gasteiger partial charge is 0.351 e. The molecule has 1 fully saturated rings. The number of rotatable bonds is 3. The molecule has 1 saturated heterocycles. The normalized spacial score (nSPS) is 27.2. The number of halogens is 1. The van der Waals surface area contributed by atoms with Crippen molar-refractivity contribution < 1.29 is 4.79 Å². The lowest BCUT2D eigenvalue weighted by Gasteiger charge is -2.13. The van der Waals surface area contributed by atoms with Crippen LogP contribution in [0.1, 0.15) is 6.92 Å². The van der Waals surface area contributed by atoms with Gasteiger partial charge in [-0.15, -0.1) is 0 Å². The Morgan fingerprint density at radius 3 is 2.85 bits per heavy atom. The van der Waals surface area contributed by atoms with Crippen molar-refractivity contribution in [2.75, 3.05) is 19.6 Å². The van der Waals surface area contributed by atoms with E-state index in [1.54, 1.807) is 0 Å². The van der Waals surface area contributed by atoms with Gasteiger partial charge in [0.05, 0.1) is 5.92 Å². The van der Waals surface area contributed by atoms with Gasteiger partial charge in [0.2, 0.25) is 5.91 Å². The smallest absolute Gasteiger partial charge is 0.224 e. The summed E-state index contributed by atoms with van der Waals surface area (Å²) in [4.78, 5) is 11.5. The molecule has 1 aliphatic heterocycles. The van der Waals surface area contributed by atoms with Crippen LogP contribution in [0.2, 0.25) is 0 Å². The van der Waals surface area contributed by atoms with Gasteiger partial charge in [-0.1, -0.05) is 29.4 Å². The number of amides is 1. The van der Waals surface area contributed by atoms with Crippen molar-refractivity contribution >= 4 is 21.8 Å². The average molecular weight is 247 g/mol. The Morgan fingerprint density at radius 2 is 2.38 bits per heavy atom. The SMILES string of the molecule is C=C(Br)CNC(=O)C1CNCC1C. The number of hydrogen-bond acceptors (Lipinski definition) is 2. The van der Waals surface area contributed by atoms with E-state index in [-0.39, 0.29) is 11.8 Å². The Morgan fingerprint density at radius 1 is 1.69 bits per heavy atom. The highest BCUT2D eigenvalue weighted by Gasteiger charge is 2.28. The number of nitrogens with one attached hydrogen (secondary N) is 2. The van der Waals surface area contributed by atoms with Crippen LogP contribution in [0.3, 0.4) is 0 Å². The first-order chi connectivity index (χ1) is 6.11. The van der Waals surface area contributed by atoms with E-state index in [9.17, 15) is 4.79 Å². The van der Waals surface area contributed by atoms with E-state index in [0.29, 0.717) is 12.5 Å². The van der Waals surface area contributed by atoms with Crippen LogP contribution < -0.4 is 10.6 Å². The quantitative estimate of drug-likeness (QED) is 0.776. The van der Waals surface area contributed by atoms with Gasteiger partial charge in [0.25, 0.3) is 0 Å². The van der Waals surface area contributed by atoms with Crippen molar-refractivity contribution in [2.24, 2.45) is 11.8 Å². The monoisotopic (exact) mass is 246 g/mol. The summed E-state index contributed by atoms with van der Waals surface area (Å²) in [6, 6.07) is 0. The Bertz CT molecular complexity index is 218. The second kappa shape index (κ2) is 4.77. The molecule has 74 valence electrons. The van der Waals surface area contributed by atoms with Crippen LogP contribution in [0.4, 0.5) is 0 Å². The zero-order chi connectivity index (χ0) is 9.84. The predicted molar refractivity (Wildman–Crippen MR) is 56.6 cm³/mol. The summed E-state index contributed by atoms with van der Waals surface area (Å²) in [6.45, 7) is 8.00. The topological polar surface area (TPSA) is 41.1 Å². The third kappa shape index (κ3) is 3.12. The Kier molecular flexibility index (Phi) is 3.93. The van der Waals surface area contributed by atoms with E-state index in [0.717, 1.165) is 17.6 Å². The molecule has 2 N–H and O–H groups in total. The second-order valence-corrected chi connectivity index (χ2v) is 4.60. The van der Waals surface area contributed by atoms with Crippen LogP contribution >= 0.6 is 15.9 Å². The minimum absolute atomic E-state index is 0.117. The lowest BCUT2D eigenvalue weighted by atomic mass is 9.97. The summed E-state index contributed by atoms with van der Waals surface area (Å²) in [5.74, 6) is 0.675. The van der Waals surface area contributed by atoms with E-state index >= 15 is 0 Å². The molecule has 3 nitrogen and oxygen atoms in total. The predicted octanol–water partition coefficient (Wildman–Crippen LogP) is 0.867. The van der Waals surface area contributed by atoms with Crippen molar-refractivity contribution in [1.29, 1.82) is 0 Å². The van der Waals surface area contributed by atoms with Crippen LogP contribution in [0.25, 0.3) is 0 Å². The van der Waals surface area contributed by atoms with Crippen LogP contribution in [-0.2, 0) is 4.79 Å². The molecule has 1 aliphatic rings. The van der Waals surface area contributed by atoms with Gasteiger partial charge in [0.1, 0.15) is 0 Å². The summed E-state index contributed by atoms with van der Waals surface area (Å²) < 4.78 is 0.805. The molecule has 1 amide bonds. The third-order valence-electron chi connectivity index (χ3n) is 2.31. The zero-order valence-electron chi connectivity index (χ0n) is 7.77. The van der Waals surface area contributed by atoms with Gasteiger partial charge in [-0.25, -0.2) is 0 Å². The van der Waals surface area contributed by atoms with E-state index in [4.69, 9.17) is 0 Å². The Hall–Kier alpha value is -0.350. The maximum Gasteiger partial charge on any atom is 0.224 e. The van der Waals surface area contributed by atoms with E-state index in [1.165, 1.54) is 0 Å². The standard InChI is InChI=1S/C9H15BrN2O/c1-6-3-11-5-8(6)9(13)12-4-7(2)10/h6,8,11H,2-5H2,1H3,(H,12,13). The first-order valence-electron chi connectivity index (χ1n) is 4.43. The molecule has 0 bridgehead atoms. The third-order valence-corrected chi connectivity index (χ3v) is 2.59. The molecular formula is C9H15BrN2O. The first-order valence-corrected chi connectivity index (χ1v) is 5.22. The molecule has 2 unspecified atom stereocenters. The molecule has 1 rings (SSSR count). The molecule has 0 saturated carbocycles. The van der Waals surface area contributed by atoms with Gasteiger partial charge in [-0.3, -0.25) is 4.79 Å². The van der Waals surface area contributed by atoms with E-state index < -0.39 is 0 Å². The fourth-order valence-corrected chi connectivity index (χ4v) is 1.62. The highest BCUT2D eigenvalue weighted by molar-refractivity contribution is 9.11. The average Bonchev–Trinajstić information content (AvgIpc) is 2.47. The summed E-state index contributed by atoms with van der Waals surface area (Å²) in [7, 11) is 0. The maximum atomic E-state index is 11.5. The zero-order valence-corrected chi connectivity index (χ0v) is 9.36. The summed E-state index contributed by atoms with van der Waals surface area (Å²) in [5, 5.41) is 6.02. The van der Waals surface area contributed by atoms with Crippen LogP contribution in [0.15, 0.2) is 11.1 Å². The lowest BCUT2D eigenvalue weighted by Crippen LogP contribution is -2.34. The Labute approximate surface area is 87.1 Å². The number of carbonyl (C=O) groups is 1. The van der Waals surface area contributed by atoms with Gasteiger partial charge in [-0.2, -0.15) is 0 Å². The molecule has 0 aromatic heterocycles. The summed E-state index contributed by atoms with van der Waals surface area (Å²) in [5.41, 5.74) is 0. The number of hydrogen-bond donors (Lipinski definition) is 2. The molecule has 0 aliphatic carbocycles. The van der Waals surface area contributed by atoms with Crippen molar-refractivity contribution in [2.45, 2.75) is 6.92 Å². The van der Waals surface area contributed by atoms with Gasteiger partial charge in [0.15, 0.2) is 0 Å². The maximum absolute atomic E-state index is 11.5. The molecule has 1 heterocycles. The van der Waals surface area contributed by atoms with Gasteiger partial charge in [0, 0.05) is 17.6 Å². The lowest BCUT2D eigenvalue weighted by molar-refractivity contribution is -0.125. The number of carbonyl (C=O) groups excluding carboxylic acids is 1.